The highest BCUT2D eigenvalue weighted by Crippen LogP contribution is 2.51. The molecule has 3 nitrogen and oxygen atoms in total. The van der Waals surface area contributed by atoms with Gasteiger partial charge >= 0.3 is 5.97 Å². The maximum atomic E-state index is 11.7. The predicted molar refractivity (Wildman–Crippen MR) is 47.1 cm³/mol. The van der Waals surface area contributed by atoms with Gasteiger partial charge in [0.15, 0.2) is 0 Å². The molecule has 3 heteroatoms. The van der Waals surface area contributed by atoms with Crippen LogP contribution >= 0.6 is 0 Å². The molecule has 1 spiro atoms. The van der Waals surface area contributed by atoms with E-state index in [4.69, 9.17) is 4.74 Å². The van der Waals surface area contributed by atoms with Crippen molar-refractivity contribution in [2.45, 2.75) is 44.6 Å². The second kappa shape index (κ2) is 2.71. The van der Waals surface area contributed by atoms with Crippen molar-refractivity contribution in [3.05, 3.63) is 0 Å². The van der Waals surface area contributed by atoms with Crippen molar-refractivity contribution in [3.8, 4) is 0 Å². The third-order valence-corrected chi connectivity index (χ3v) is 3.67. The van der Waals surface area contributed by atoms with Crippen molar-refractivity contribution in [1.82, 2.24) is 0 Å². The average molecular weight is 184 g/mol. The van der Waals surface area contributed by atoms with Gasteiger partial charge in [0.05, 0.1) is 17.6 Å². The van der Waals surface area contributed by atoms with Crippen LogP contribution in [0.25, 0.3) is 0 Å². The van der Waals surface area contributed by atoms with Crippen LogP contribution in [0.4, 0.5) is 0 Å². The van der Waals surface area contributed by atoms with Crippen molar-refractivity contribution >= 4 is 5.97 Å². The zero-order chi connectivity index (χ0) is 9.53. The van der Waals surface area contributed by atoms with E-state index in [1.807, 2.05) is 0 Å². The normalized spacial score (nSPS) is 45.2. The van der Waals surface area contributed by atoms with Crippen LogP contribution in [0.1, 0.15) is 39.0 Å². The monoisotopic (exact) mass is 184 g/mol. The standard InChI is InChI=1S/C10H16O3/c1-9(12)4-2-5-10(9)6-3-7-13-8(10)11/h12H,2-7H2,1H3/t9-,10-/m1/s1. The summed E-state index contributed by atoms with van der Waals surface area (Å²) in [4.78, 5) is 11.7. The summed E-state index contributed by atoms with van der Waals surface area (Å²) in [5, 5.41) is 10.1. The Labute approximate surface area is 78.1 Å². The molecule has 2 fully saturated rings. The van der Waals surface area contributed by atoms with Crippen LogP contribution in [-0.4, -0.2) is 23.3 Å². The fourth-order valence-electron chi connectivity index (χ4n) is 2.74. The number of carbonyl (C=O) groups excluding carboxylic acids is 1. The summed E-state index contributed by atoms with van der Waals surface area (Å²) in [6.07, 6.45) is 4.13. The number of esters is 1. The Morgan fingerprint density at radius 1 is 1.31 bits per heavy atom. The fraction of sp³-hybridized carbons (Fsp3) is 0.900. The predicted octanol–water partition coefficient (Wildman–Crippen LogP) is 1.24. The van der Waals surface area contributed by atoms with Crippen LogP contribution in [0.2, 0.25) is 0 Å². The molecule has 1 heterocycles. The number of rotatable bonds is 0. The van der Waals surface area contributed by atoms with E-state index in [2.05, 4.69) is 0 Å². The largest absolute Gasteiger partial charge is 0.465 e. The van der Waals surface area contributed by atoms with Gasteiger partial charge in [-0.05, 0) is 39.0 Å². The highest BCUT2D eigenvalue weighted by molar-refractivity contribution is 5.79. The van der Waals surface area contributed by atoms with Crippen molar-refractivity contribution in [1.29, 1.82) is 0 Å². The third kappa shape index (κ3) is 1.10. The van der Waals surface area contributed by atoms with Crippen molar-refractivity contribution in [3.63, 3.8) is 0 Å². The smallest absolute Gasteiger partial charge is 0.314 e. The fourth-order valence-corrected chi connectivity index (χ4v) is 2.74. The summed E-state index contributed by atoms with van der Waals surface area (Å²) in [6.45, 7) is 2.29. The van der Waals surface area contributed by atoms with E-state index in [0.29, 0.717) is 6.61 Å². The molecule has 0 bridgehead atoms. The minimum atomic E-state index is -0.843. The number of cyclic esters (lactones) is 1. The SMILES string of the molecule is C[C@@]1(O)CCC[C@]12CCCOC2=O. The molecule has 1 aliphatic heterocycles. The van der Waals surface area contributed by atoms with Crippen LogP contribution in [0.5, 0.6) is 0 Å². The number of carbonyl (C=O) groups is 1. The molecule has 0 radical (unpaired) electrons. The molecule has 1 N–H and O–H groups in total. The Bertz CT molecular complexity index is 234. The lowest BCUT2D eigenvalue weighted by atomic mass is 9.71. The van der Waals surface area contributed by atoms with E-state index in [1.54, 1.807) is 6.92 Å². The van der Waals surface area contributed by atoms with Gasteiger partial charge in [-0.3, -0.25) is 4.79 Å². The summed E-state index contributed by atoms with van der Waals surface area (Å²) in [6, 6.07) is 0. The lowest BCUT2D eigenvalue weighted by Crippen LogP contribution is -2.50. The van der Waals surface area contributed by atoms with Gasteiger partial charge in [-0.15, -0.1) is 0 Å². The van der Waals surface area contributed by atoms with Crippen LogP contribution < -0.4 is 0 Å². The van der Waals surface area contributed by atoms with Gasteiger partial charge in [0, 0.05) is 0 Å². The maximum absolute atomic E-state index is 11.7. The van der Waals surface area contributed by atoms with E-state index in [0.717, 1.165) is 32.1 Å². The van der Waals surface area contributed by atoms with Crippen LogP contribution in [0.15, 0.2) is 0 Å². The highest BCUT2D eigenvalue weighted by atomic mass is 16.5. The molecule has 2 atom stereocenters. The van der Waals surface area contributed by atoms with Crippen LogP contribution in [0.3, 0.4) is 0 Å². The van der Waals surface area contributed by atoms with E-state index in [-0.39, 0.29) is 5.97 Å². The number of hydrogen-bond donors (Lipinski definition) is 1. The zero-order valence-corrected chi connectivity index (χ0v) is 8.01. The van der Waals surface area contributed by atoms with Crippen molar-refractivity contribution in [2.75, 3.05) is 6.61 Å². The molecule has 13 heavy (non-hydrogen) atoms. The Balaban J connectivity index is 2.31. The molecule has 0 aromatic rings. The van der Waals surface area contributed by atoms with Crippen LogP contribution in [0, 0.1) is 5.41 Å². The lowest BCUT2D eigenvalue weighted by molar-refractivity contribution is -0.178. The van der Waals surface area contributed by atoms with E-state index in [9.17, 15) is 9.90 Å². The summed E-state index contributed by atoms with van der Waals surface area (Å²) >= 11 is 0. The molecular formula is C10H16O3. The Kier molecular flexibility index (Phi) is 1.88. The first kappa shape index (κ1) is 9.00. The maximum Gasteiger partial charge on any atom is 0.314 e. The summed E-state index contributed by atoms with van der Waals surface area (Å²) in [5.41, 5.74) is -1.42. The first-order valence-electron chi connectivity index (χ1n) is 4.98. The van der Waals surface area contributed by atoms with Gasteiger partial charge in [0.1, 0.15) is 0 Å². The van der Waals surface area contributed by atoms with E-state index >= 15 is 0 Å². The van der Waals surface area contributed by atoms with Crippen molar-refractivity contribution < 1.29 is 14.6 Å². The molecule has 0 amide bonds. The second-order valence-corrected chi connectivity index (χ2v) is 4.45. The molecule has 0 unspecified atom stereocenters. The minimum absolute atomic E-state index is 0.179. The van der Waals surface area contributed by atoms with Gasteiger partial charge in [-0.1, -0.05) is 0 Å². The number of ether oxygens (including phenoxy) is 1. The van der Waals surface area contributed by atoms with Gasteiger partial charge in [-0.2, -0.15) is 0 Å². The molecule has 1 saturated carbocycles. The molecule has 0 aromatic carbocycles. The lowest BCUT2D eigenvalue weighted by Gasteiger charge is -2.40. The van der Waals surface area contributed by atoms with E-state index in [1.165, 1.54) is 0 Å². The molecule has 2 aliphatic rings. The van der Waals surface area contributed by atoms with Crippen LogP contribution in [-0.2, 0) is 9.53 Å². The molecular weight excluding hydrogens is 168 g/mol. The number of aliphatic hydroxyl groups is 1. The van der Waals surface area contributed by atoms with E-state index < -0.39 is 11.0 Å². The Morgan fingerprint density at radius 3 is 2.54 bits per heavy atom. The summed E-state index contributed by atoms with van der Waals surface area (Å²) in [7, 11) is 0. The summed E-state index contributed by atoms with van der Waals surface area (Å²) < 4.78 is 5.05. The minimum Gasteiger partial charge on any atom is -0.465 e. The van der Waals surface area contributed by atoms with Gasteiger partial charge < -0.3 is 9.84 Å². The molecule has 2 rings (SSSR count). The Morgan fingerprint density at radius 2 is 2.00 bits per heavy atom. The van der Waals surface area contributed by atoms with Gasteiger partial charge in [-0.25, -0.2) is 0 Å². The molecule has 0 aromatic heterocycles. The van der Waals surface area contributed by atoms with Gasteiger partial charge in [0.2, 0.25) is 0 Å². The first-order chi connectivity index (χ1) is 6.08. The second-order valence-electron chi connectivity index (χ2n) is 4.45. The Hall–Kier alpha value is -0.570. The average Bonchev–Trinajstić information content (AvgIpc) is 2.35. The topological polar surface area (TPSA) is 46.5 Å². The molecule has 74 valence electrons. The number of hydrogen-bond acceptors (Lipinski definition) is 3. The third-order valence-electron chi connectivity index (χ3n) is 3.67. The zero-order valence-electron chi connectivity index (χ0n) is 8.01. The molecule has 1 aliphatic carbocycles. The van der Waals surface area contributed by atoms with Crippen molar-refractivity contribution in [2.24, 2.45) is 5.41 Å². The van der Waals surface area contributed by atoms with Gasteiger partial charge in [0.25, 0.3) is 0 Å². The quantitative estimate of drug-likeness (QED) is 0.576. The summed E-state index contributed by atoms with van der Waals surface area (Å²) in [5.74, 6) is -0.179. The first-order valence-corrected chi connectivity index (χ1v) is 4.98. The highest BCUT2D eigenvalue weighted by Gasteiger charge is 2.57. The molecule has 1 saturated heterocycles.